The summed E-state index contributed by atoms with van der Waals surface area (Å²) in [7, 11) is 1.65. The van der Waals surface area contributed by atoms with Gasteiger partial charge < -0.3 is 10.1 Å². The molecule has 0 radical (unpaired) electrons. The van der Waals surface area contributed by atoms with E-state index in [0.717, 1.165) is 23.7 Å². The number of rotatable bonds is 4. The van der Waals surface area contributed by atoms with Crippen LogP contribution in [-0.2, 0) is 0 Å². The Kier molecular flexibility index (Phi) is 2.57. The third-order valence-electron chi connectivity index (χ3n) is 2.46. The lowest BCUT2D eigenvalue weighted by molar-refractivity contribution is 0.399. The van der Waals surface area contributed by atoms with Gasteiger partial charge in [-0.3, -0.25) is 0 Å². The molecule has 0 saturated heterocycles. The highest BCUT2D eigenvalue weighted by molar-refractivity contribution is 5.53. The first kappa shape index (κ1) is 9.31. The van der Waals surface area contributed by atoms with Crippen LogP contribution in [0.2, 0.25) is 0 Å². The number of hydrogen-bond acceptors (Lipinski definition) is 3. The summed E-state index contributed by atoms with van der Waals surface area (Å²) in [6, 6.07) is 2.08. The number of hydrogen-bond donors (Lipinski definition) is 1. The standard InChI is InChI=1S/C11H16N2O/c1-8-5-10(11(14-2)13-6-8)12-7-9-3-4-9/h5-6,9,12H,3-4,7H2,1-2H3. The maximum absolute atomic E-state index is 5.18. The normalized spacial score (nSPS) is 15.3. The van der Waals surface area contributed by atoms with Crippen molar-refractivity contribution in [2.24, 2.45) is 5.92 Å². The van der Waals surface area contributed by atoms with Crippen LogP contribution in [-0.4, -0.2) is 18.6 Å². The molecule has 14 heavy (non-hydrogen) atoms. The van der Waals surface area contributed by atoms with Gasteiger partial charge in [-0.15, -0.1) is 0 Å². The van der Waals surface area contributed by atoms with Crippen LogP contribution in [0.25, 0.3) is 0 Å². The van der Waals surface area contributed by atoms with Gasteiger partial charge in [0.15, 0.2) is 0 Å². The van der Waals surface area contributed by atoms with Crippen LogP contribution in [0, 0.1) is 12.8 Å². The summed E-state index contributed by atoms with van der Waals surface area (Å²) >= 11 is 0. The Morgan fingerprint density at radius 3 is 3.00 bits per heavy atom. The van der Waals surface area contributed by atoms with Crippen molar-refractivity contribution < 1.29 is 4.74 Å². The molecule has 1 aromatic heterocycles. The fourth-order valence-corrected chi connectivity index (χ4v) is 1.42. The monoisotopic (exact) mass is 192 g/mol. The van der Waals surface area contributed by atoms with Crippen LogP contribution in [0.15, 0.2) is 12.3 Å². The number of pyridine rings is 1. The number of anilines is 1. The van der Waals surface area contributed by atoms with Gasteiger partial charge in [-0.25, -0.2) is 4.98 Å². The average molecular weight is 192 g/mol. The van der Waals surface area contributed by atoms with Crippen LogP contribution in [0.1, 0.15) is 18.4 Å². The van der Waals surface area contributed by atoms with E-state index in [0.29, 0.717) is 5.88 Å². The molecule has 76 valence electrons. The number of ether oxygens (including phenoxy) is 1. The third-order valence-corrected chi connectivity index (χ3v) is 2.46. The van der Waals surface area contributed by atoms with E-state index < -0.39 is 0 Å². The molecule has 0 spiro atoms. The molecule has 0 atom stereocenters. The van der Waals surface area contributed by atoms with Gasteiger partial charge in [-0.2, -0.15) is 0 Å². The molecule has 3 nitrogen and oxygen atoms in total. The molecule has 1 aliphatic carbocycles. The maximum Gasteiger partial charge on any atom is 0.237 e. The van der Waals surface area contributed by atoms with Gasteiger partial charge in [-0.05, 0) is 37.3 Å². The Balaban J connectivity index is 2.07. The number of methoxy groups -OCH3 is 1. The van der Waals surface area contributed by atoms with E-state index in [1.807, 2.05) is 13.1 Å². The summed E-state index contributed by atoms with van der Waals surface area (Å²) in [5.74, 6) is 1.55. The first-order valence-electron chi connectivity index (χ1n) is 5.04. The van der Waals surface area contributed by atoms with Gasteiger partial charge >= 0.3 is 0 Å². The average Bonchev–Trinajstić information content (AvgIpc) is 2.98. The van der Waals surface area contributed by atoms with Crippen LogP contribution in [0.3, 0.4) is 0 Å². The molecule has 1 aromatic rings. The second-order valence-electron chi connectivity index (χ2n) is 3.89. The van der Waals surface area contributed by atoms with E-state index in [-0.39, 0.29) is 0 Å². The topological polar surface area (TPSA) is 34.1 Å². The van der Waals surface area contributed by atoms with E-state index in [4.69, 9.17) is 4.74 Å². The van der Waals surface area contributed by atoms with Crippen molar-refractivity contribution in [1.29, 1.82) is 0 Å². The van der Waals surface area contributed by atoms with E-state index in [1.54, 1.807) is 7.11 Å². The van der Waals surface area contributed by atoms with Crippen molar-refractivity contribution in [3.63, 3.8) is 0 Å². The van der Waals surface area contributed by atoms with Gasteiger partial charge in [0.05, 0.1) is 12.8 Å². The van der Waals surface area contributed by atoms with Crippen LogP contribution in [0.5, 0.6) is 5.88 Å². The molecule has 1 aliphatic rings. The molecule has 1 saturated carbocycles. The smallest absolute Gasteiger partial charge is 0.237 e. The fourth-order valence-electron chi connectivity index (χ4n) is 1.42. The van der Waals surface area contributed by atoms with E-state index >= 15 is 0 Å². The Hall–Kier alpha value is -1.25. The first-order chi connectivity index (χ1) is 6.79. The van der Waals surface area contributed by atoms with Gasteiger partial charge in [-0.1, -0.05) is 0 Å². The predicted octanol–water partition coefficient (Wildman–Crippen LogP) is 2.22. The van der Waals surface area contributed by atoms with Crippen LogP contribution >= 0.6 is 0 Å². The number of aryl methyl sites for hydroxylation is 1. The molecule has 1 fully saturated rings. The first-order valence-corrected chi connectivity index (χ1v) is 5.04. The molecule has 1 N–H and O–H groups in total. The Morgan fingerprint density at radius 2 is 2.36 bits per heavy atom. The molecular weight excluding hydrogens is 176 g/mol. The Labute approximate surface area is 84.5 Å². The third kappa shape index (κ3) is 2.16. The van der Waals surface area contributed by atoms with Crippen LogP contribution < -0.4 is 10.1 Å². The summed E-state index contributed by atoms with van der Waals surface area (Å²) in [6.45, 7) is 3.08. The highest BCUT2D eigenvalue weighted by atomic mass is 16.5. The Bertz CT molecular complexity index is 321. The minimum Gasteiger partial charge on any atom is -0.480 e. The zero-order valence-corrected chi connectivity index (χ0v) is 8.71. The predicted molar refractivity (Wildman–Crippen MR) is 56.7 cm³/mol. The number of nitrogens with zero attached hydrogens (tertiary/aromatic N) is 1. The minimum atomic E-state index is 0.691. The van der Waals surface area contributed by atoms with Crippen molar-refractivity contribution in [2.75, 3.05) is 19.0 Å². The second-order valence-corrected chi connectivity index (χ2v) is 3.89. The van der Waals surface area contributed by atoms with Crippen molar-refractivity contribution in [3.05, 3.63) is 17.8 Å². The van der Waals surface area contributed by atoms with Crippen molar-refractivity contribution >= 4 is 5.69 Å². The fraction of sp³-hybridized carbons (Fsp3) is 0.545. The molecule has 0 bridgehead atoms. The molecule has 0 aromatic carbocycles. The zero-order chi connectivity index (χ0) is 9.97. The van der Waals surface area contributed by atoms with Gasteiger partial charge in [0, 0.05) is 12.7 Å². The summed E-state index contributed by atoms with van der Waals surface area (Å²) in [6.07, 6.45) is 4.53. The van der Waals surface area contributed by atoms with Gasteiger partial charge in [0.1, 0.15) is 0 Å². The van der Waals surface area contributed by atoms with E-state index in [2.05, 4.69) is 16.4 Å². The second kappa shape index (κ2) is 3.86. The quantitative estimate of drug-likeness (QED) is 0.794. The lowest BCUT2D eigenvalue weighted by atomic mass is 10.3. The van der Waals surface area contributed by atoms with Gasteiger partial charge in [0.25, 0.3) is 0 Å². The van der Waals surface area contributed by atoms with E-state index in [1.165, 1.54) is 12.8 Å². The van der Waals surface area contributed by atoms with Crippen molar-refractivity contribution in [3.8, 4) is 5.88 Å². The largest absolute Gasteiger partial charge is 0.480 e. The minimum absolute atomic E-state index is 0.691. The summed E-state index contributed by atoms with van der Waals surface area (Å²) in [5, 5.41) is 3.38. The molecule has 0 unspecified atom stereocenters. The summed E-state index contributed by atoms with van der Waals surface area (Å²) in [5.41, 5.74) is 2.17. The molecule has 0 aliphatic heterocycles. The Morgan fingerprint density at radius 1 is 1.57 bits per heavy atom. The highest BCUT2D eigenvalue weighted by Gasteiger charge is 2.21. The molecule has 0 amide bonds. The lowest BCUT2D eigenvalue weighted by Gasteiger charge is -2.10. The number of aromatic nitrogens is 1. The van der Waals surface area contributed by atoms with Crippen molar-refractivity contribution in [1.82, 2.24) is 4.98 Å². The summed E-state index contributed by atoms with van der Waals surface area (Å²) in [4.78, 5) is 4.21. The lowest BCUT2D eigenvalue weighted by Crippen LogP contribution is -2.05. The molecule has 3 heteroatoms. The number of nitrogens with one attached hydrogen (secondary N) is 1. The highest BCUT2D eigenvalue weighted by Crippen LogP contribution is 2.30. The maximum atomic E-state index is 5.18. The molecule has 1 heterocycles. The molecule has 2 rings (SSSR count). The van der Waals surface area contributed by atoms with E-state index in [9.17, 15) is 0 Å². The van der Waals surface area contributed by atoms with Crippen LogP contribution in [0.4, 0.5) is 5.69 Å². The zero-order valence-electron chi connectivity index (χ0n) is 8.71. The van der Waals surface area contributed by atoms with Crippen molar-refractivity contribution in [2.45, 2.75) is 19.8 Å². The van der Waals surface area contributed by atoms with Gasteiger partial charge in [0.2, 0.25) is 5.88 Å². The molecular formula is C11H16N2O. The summed E-state index contributed by atoms with van der Waals surface area (Å²) < 4.78 is 5.18. The SMILES string of the molecule is COc1ncc(C)cc1NCC1CC1.